The number of hydrogen-bond acceptors (Lipinski definition) is 1. The Morgan fingerprint density at radius 3 is 2.41 bits per heavy atom. The minimum Gasteiger partial charge on any atom is -0.341 e. The van der Waals surface area contributed by atoms with Gasteiger partial charge in [-0.2, -0.15) is 0 Å². The van der Waals surface area contributed by atoms with Gasteiger partial charge in [-0.1, -0.05) is 24.3 Å². The predicted octanol–water partition coefficient (Wildman–Crippen LogP) is 4.16. The molecule has 0 bridgehead atoms. The second-order valence-electron chi connectivity index (χ2n) is 6.79. The van der Waals surface area contributed by atoms with E-state index in [0.717, 1.165) is 45.2 Å². The van der Waals surface area contributed by atoms with Gasteiger partial charge in [-0.3, -0.25) is 4.79 Å². The van der Waals surface area contributed by atoms with Crippen molar-refractivity contribution in [3.8, 4) is 0 Å². The molecule has 3 aromatic carbocycles. The van der Waals surface area contributed by atoms with Crippen LogP contribution in [0.5, 0.6) is 0 Å². The van der Waals surface area contributed by atoms with E-state index in [9.17, 15) is 4.79 Å². The molecular formula is C24H23N2O+. The van der Waals surface area contributed by atoms with Crippen LogP contribution < -0.4 is 4.99 Å². The molecule has 0 atom stereocenters. The van der Waals surface area contributed by atoms with Crippen molar-refractivity contribution in [2.24, 2.45) is 0 Å². The summed E-state index contributed by atoms with van der Waals surface area (Å²) in [5.74, 6) is 0.0727. The van der Waals surface area contributed by atoms with Crippen molar-refractivity contribution >= 4 is 39.5 Å². The summed E-state index contributed by atoms with van der Waals surface area (Å²) in [5, 5.41) is 2.28. The fraction of sp³-hybridized carbons (Fsp3) is 0.167. The molecular weight excluding hydrogens is 332 g/mol. The molecule has 0 spiro atoms. The van der Waals surface area contributed by atoms with Gasteiger partial charge in [0, 0.05) is 58.5 Å². The standard InChI is InChI=1S/C24H22N2O/c1-4-25-18-11-13-23-21(15-18)20-14-17(10-12-22(20)26(23)5-2)24(27)19-9-7-6-8-16(19)3/h4,6-15H,5H2,1-3H3/p+1. The summed E-state index contributed by atoms with van der Waals surface area (Å²) in [7, 11) is 0. The first-order chi connectivity index (χ1) is 13.1. The maximum Gasteiger partial charge on any atom is 0.203 e. The number of rotatable bonds is 4. The zero-order valence-electron chi connectivity index (χ0n) is 15.9. The third kappa shape index (κ3) is 2.85. The fourth-order valence-corrected chi connectivity index (χ4v) is 3.83. The number of ketones is 1. The molecule has 0 saturated carbocycles. The highest BCUT2D eigenvalue weighted by Crippen LogP contribution is 2.31. The summed E-state index contributed by atoms with van der Waals surface area (Å²) in [6.45, 7) is 6.99. The van der Waals surface area contributed by atoms with E-state index >= 15 is 0 Å². The molecule has 0 fully saturated rings. The summed E-state index contributed by atoms with van der Waals surface area (Å²) in [6.07, 6.45) is 1.92. The lowest BCUT2D eigenvalue weighted by Crippen LogP contribution is -2.60. The van der Waals surface area contributed by atoms with Crippen LogP contribution in [0.3, 0.4) is 0 Å². The molecule has 0 aliphatic heterocycles. The third-order valence-electron chi connectivity index (χ3n) is 5.14. The number of nitrogens with one attached hydrogen (secondary N) is 1. The quantitative estimate of drug-likeness (QED) is 0.433. The largest absolute Gasteiger partial charge is 0.341 e. The number of aromatic nitrogens is 1. The van der Waals surface area contributed by atoms with Gasteiger partial charge in [-0.05, 0) is 43.7 Å². The van der Waals surface area contributed by atoms with Gasteiger partial charge in [-0.15, -0.1) is 0 Å². The van der Waals surface area contributed by atoms with Crippen LogP contribution in [0.15, 0.2) is 60.7 Å². The third-order valence-corrected chi connectivity index (χ3v) is 5.14. The van der Waals surface area contributed by atoms with Gasteiger partial charge in [0.1, 0.15) is 6.21 Å². The van der Waals surface area contributed by atoms with Crippen molar-refractivity contribution in [2.75, 3.05) is 0 Å². The molecule has 1 N–H and O–H groups in total. The van der Waals surface area contributed by atoms with Crippen LogP contribution in [0.4, 0.5) is 5.69 Å². The summed E-state index contributed by atoms with van der Waals surface area (Å²) in [5.41, 5.74) is 5.90. The Morgan fingerprint density at radius 1 is 1.00 bits per heavy atom. The van der Waals surface area contributed by atoms with E-state index in [-0.39, 0.29) is 5.78 Å². The monoisotopic (exact) mass is 355 g/mol. The molecule has 0 unspecified atom stereocenters. The van der Waals surface area contributed by atoms with Crippen molar-refractivity contribution in [3.63, 3.8) is 0 Å². The maximum atomic E-state index is 13.1. The van der Waals surface area contributed by atoms with Crippen LogP contribution in [0.1, 0.15) is 35.3 Å². The van der Waals surface area contributed by atoms with Gasteiger partial charge in [0.15, 0.2) is 5.78 Å². The Labute approximate surface area is 159 Å². The van der Waals surface area contributed by atoms with Crippen molar-refractivity contribution in [1.82, 2.24) is 4.57 Å². The number of fused-ring (bicyclic) bond motifs is 3. The Balaban J connectivity index is 1.95. The molecule has 4 rings (SSSR count). The normalized spacial score (nSPS) is 11.7. The zero-order chi connectivity index (χ0) is 19.0. The van der Waals surface area contributed by atoms with Crippen LogP contribution in [0.2, 0.25) is 0 Å². The van der Waals surface area contributed by atoms with Crippen LogP contribution in [0, 0.1) is 6.92 Å². The molecule has 0 aliphatic rings. The Morgan fingerprint density at radius 2 is 1.70 bits per heavy atom. The fourth-order valence-electron chi connectivity index (χ4n) is 3.83. The minimum atomic E-state index is 0.0727. The van der Waals surface area contributed by atoms with Gasteiger partial charge >= 0.3 is 0 Å². The van der Waals surface area contributed by atoms with Gasteiger partial charge in [-0.25, -0.2) is 4.99 Å². The highest BCUT2D eigenvalue weighted by atomic mass is 16.1. The molecule has 1 aromatic heterocycles. The van der Waals surface area contributed by atoms with Crippen LogP contribution in [-0.2, 0) is 6.54 Å². The Kier molecular flexibility index (Phi) is 4.36. The molecule has 0 aliphatic carbocycles. The molecule has 0 amide bonds. The van der Waals surface area contributed by atoms with Crippen LogP contribution in [0.25, 0.3) is 21.8 Å². The highest BCUT2D eigenvalue weighted by Gasteiger charge is 2.16. The molecule has 134 valence electrons. The van der Waals surface area contributed by atoms with E-state index in [4.69, 9.17) is 0 Å². The van der Waals surface area contributed by atoms with E-state index in [2.05, 4.69) is 40.7 Å². The lowest BCUT2D eigenvalue weighted by Gasteiger charge is -2.06. The minimum absolute atomic E-state index is 0.0727. The summed E-state index contributed by atoms with van der Waals surface area (Å²) in [6, 6.07) is 20.2. The molecule has 4 aromatic rings. The molecule has 27 heavy (non-hydrogen) atoms. The van der Waals surface area contributed by atoms with Gasteiger partial charge in [0.2, 0.25) is 5.69 Å². The highest BCUT2D eigenvalue weighted by molar-refractivity contribution is 6.15. The van der Waals surface area contributed by atoms with Crippen molar-refractivity contribution < 1.29 is 9.79 Å². The summed E-state index contributed by atoms with van der Waals surface area (Å²) in [4.78, 5) is 16.3. The predicted molar refractivity (Wildman–Crippen MR) is 112 cm³/mol. The smallest absolute Gasteiger partial charge is 0.203 e. The number of aryl methyl sites for hydroxylation is 2. The van der Waals surface area contributed by atoms with E-state index in [1.807, 2.05) is 56.5 Å². The van der Waals surface area contributed by atoms with E-state index < -0.39 is 0 Å². The molecule has 3 nitrogen and oxygen atoms in total. The maximum absolute atomic E-state index is 13.1. The average Bonchev–Trinajstić information content (AvgIpc) is 3.00. The number of carbonyl (C=O) groups excluding carboxylic acids is 1. The molecule has 0 saturated heterocycles. The number of carbonyl (C=O) groups is 1. The molecule has 3 heteroatoms. The second kappa shape index (κ2) is 6.84. The lowest BCUT2D eigenvalue weighted by atomic mass is 9.98. The van der Waals surface area contributed by atoms with Gasteiger partial charge < -0.3 is 4.57 Å². The van der Waals surface area contributed by atoms with E-state index in [1.54, 1.807) is 0 Å². The number of hydrogen-bond donors (Lipinski definition) is 1. The first kappa shape index (κ1) is 17.2. The van der Waals surface area contributed by atoms with Gasteiger partial charge in [0.05, 0.1) is 0 Å². The molecule has 0 radical (unpaired) electrons. The van der Waals surface area contributed by atoms with Crippen molar-refractivity contribution in [1.29, 1.82) is 0 Å². The Hall–Kier alpha value is -3.20. The SMILES string of the molecule is CC=[NH+]c1ccc2c(c1)c1cc(C(=O)c3ccccc3C)ccc1n2CC. The second-order valence-corrected chi connectivity index (χ2v) is 6.79. The van der Waals surface area contributed by atoms with Crippen molar-refractivity contribution in [3.05, 3.63) is 77.4 Å². The average molecular weight is 355 g/mol. The topological polar surface area (TPSA) is 36.0 Å². The van der Waals surface area contributed by atoms with Crippen molar-refractivity contribution in [2.45, 2.75) is 27.3 Å². The summed E-state index contributed by atoms with van der Waals surface area (Å²) < 4.78 is 2.30. The van der Waals surface area contributed by atoms with E-state index in [1.165, 1.54) is 5.52 Å². The number of nitrogens with zero attached hydrogens (tertiary/aromatic N) is 1. The van der Waals surface area contributed by atoms with Gasteiger partial charge in [0.25, 0.3) is 0 Å². The summed E-state index contributed by atoms with van der Waals surface area (Å²) >= 11 is 0. The van der Waals surface area contributed by atoms with Crippen LogP contribution >= 0.6 is 0 Å². The number of benzene rings is 3. The zero-order valence-corrected chi connectivity index (χ0v) is 15.9. The van der Waals surface area contributed by atoms with E-state index in [0.29, 0.717) is 0 Å². The Bertz CT molecular complexity index is 1200. The first-order valence-electron chi connectivity index (χ1n) is 9.34. The van der Waals surface area contributed by atoms with Crippen LogP contribution in [-0.4, -0.2) is 16.6 Å². The lowest BCUT2D eigenvalue weighted by molar-refractivity contribution is -0.347. The first-order valence-corrected chi connectivity index (χ1v) is 9.34. The molecule has 1 heterocycles.